The van der Waals surface area contributed by atoms with Crippen LogP contribution in [0.5, 0.6) is 23.0 Å². The molecule has 0 saturated carbocycles. The fourth-order valence-electron chi connectivity index (χ4n) is 6.23. The number of methoxy groups -OCH3 is 4. The van der Waals surface area contributed by atoms with E-state index in [-0.39, 0.29) is 40.0 Å². The Bertz CT molecular complexity index is 1140. The fraction of sp³-hybridized carbons (Fsp3) is 0.517. The summed E-state index contributed by atoms with van der Waals surface area (Å²) in [5.41, 5.74) is 8.68. The van der Waals surface area contributed by atoms with Crippen LogP contribution in [0.25, 0.3) is 0 Å². The summed E-state index contributed by atoms with van der Waals surface area (Å²) in [6, 6.07) is 9.41. The highest BCUT2D eigenvalue weighted by atomic mass is 79.9. The molecule has 204 valence electrons. The molecule has 0 fully saturated rings. The van der Waals surface area contributed by atoms with Crippen molar-refractivity contribution < 1.29 is 18.9 Å². The van der Waals surface area contributed by atoms with Crippen molar-refractivity contribution in [3.63, 3.8) is 0 Å². The molecular formula is C29H40Br2N2O4. The van der Waals surface area contributed by atoms with Gasteiger partial charge in [-0.05, 0) is 85.2 Å². The van der Waals surface area contributed by atoms with Crippen LogP contribution in [0, 0.1) is 0 Å². The van der Waals surface area contributed by atoms with E-state index in [0.717, 1.165) is 74.7 Å². The molecule has 3 aliphatic rings. The Hall–Kier alpha value is -1.74. The Morgan fingerprint density at radius 3 is 1.95 bits per heavy atom. The number of nitrogens with one attached hydrogen (secondary N) is 1. The average Bonchev–Trinajstić information content (AvgIpc) is 2.91. The highest BCUT2D eigenvalue weighted by molar-refractivity contribution is 8.93. The molecule has 5 rings (SSSR count). The van der Waals surface area contributed by atoms with Gasteiger partial charge in [0.15, 0.2) is 23.0 Å². The van der Waals surface area contributed by atoms with E-state index in [0.29, 0.717) is 6.04 Å². The number of halogens is 2. The standard InChI is InChI=1S/C29H38N2O4.2BrH/c1-6-18-17-31-10-8-20-14-27(33-3)29(35-5)16-23(20)25(31)12-21(18)11-24-22-15-28(34-4)26(32-2)13-19(22)7-9-30-24;;/h13-16,24-25,30H,6-12,17H2,1-5H3;2*1H/t24-,25+;;/m1../s1. The summed E-state index contributed by atoms with van der Waals surface area (Å²) in [7, 11) is 6.86. The van der Waals surface area contributed by atoms with E-state index < -0.39 is 0 Å². The molecule has 0 radical (unpaired) electrons. The lowest BCUT2D eigenvalue weighted by Gasteiger charge is -2.43. The summed E-state index contributed by atoms with van der Waals surface area (Å²) in [4.78, 5) is 2.66. The van der Waals surface area contributed by atoms with Gasteiger partial charge in [-0.2, -0.15) is 0 Å². The summed E-state index contributed by atoms with van der Waals surface area (Å²) in [5, 5.41) is 3.80. The van der Waals surface area contributed by atoms with Crippen LogP contribution in [-0.2, 0) is 12.8 Å². The van der Waals surface area contributed by atoms with E-state index in [1.807, 2.05) is 0 Å². The van der Waals surface area contributed by atoms with Crippen molar-refractivity contribution in [2.75, 3.05) is 48.1 Å². The minimum atomic E-state index is 0. The van der Waals surface area contributed by atoms with Gasteiger partial charge in [0, 0.05) is 25.2 Å². The average molecular weight is 640 g/mol. The molecular weight excluding hydrogens is 600 g/mol. The lowest BCUT2D eigenvalue weighted by molar-refractivity contribution is 0.181. The van der Waals surface area contributed by atoms with Gasteiger partial charge in [-0.3, -0.25) is 4.90 Å². The molecule has 0 bridgehead atoms. The molecule has 3 heterocycles. The highest BCUT2D eigenvalue weighted by Gasteiger charge is 2.35. The van der Waals surface area contributed by atoms with E-state index >= 15 is 0 Å². The number of fused-ring (bicyclic) bond motifs is 4. The van der Waals surface area contributed by atoms with Crippen molar-refractivity contribution in [3.8, 4) is 23.0 Å². The van der Waals surface area contributed by atoms with Gasteiger partial charge >= 0.3 is 0 Å². The fourth-order valence-corrected chi connectivity index (χ4v) is 6.23. The molecule has 6 nitrogen and oxygen atoms in total. The Balaban J connectivity index is 0.00000190. The summed E-state index contributed by atoms with van der Waals surface area (Å²) in [6.45, 7) is 5.43. The van der Waals surface area contributed by atoms with E-state index in [4.69, 9.17) is 18.9 Å². The molecule has 2 aromatic carbocycles. The van der Waals surface area contributed by atoms with Gasteiger partial charge in [-0.25, -0.2) is 0 Å². The second-order valence-corrected chi connectivity index (χ2v) is 9.77. The number of ether oxygens (including phenoxy) is 4. The Morgan fingerprint density at radius 1 is 0.784 bits per heavy atom. The van der Waals surface area contributed by atoms with Crippen molar-refractivity contribution in [3.05, 3.63) is 57.7 Å². The quantitative estimate of drug-likeness (QED) is 0.366. The molecule has 0 amide bonds. The first kappa shape index (κ1) is 29.8. The van der Waals surface area contributed by atoms with Crippen molar-refractivity contribution >= 4 is 34.0 Å². The smallest absolute Gasteiger partial charge is 0.161 e. The van der Waals surface area contributed by atoms with Crippen LogP contribution in [0.3, 0.4) is 0 Å². The van der Waals surface area contributed by atoms with E-state index in [1.54, 1.807) is 39.6 Å². The minimum Gasteiger partial charge on any atom is -0.493 e. The van der Waals surface area contributed by atoms with Crippen LogP contribution in [-0.4, -0.2) is 53.0 Å². The third-order valence-electron chi connectivity index (χ3n) is 8.13. The lowest BCUT2D eigenvalue weighted by Crippen LogP contribution is -2.40. The molecule has 37 heavy (non-hydrogen) atoms. The maximum absolute atomic E-state index is 5.66. The van der Waals surface area contributed by atoms with Gasteiger partial charge in [-0.15, -0.1) is 34.0 Å². The summed E-state index contributed by atoms with van der Waals surface area (Å²) < 4.78 is 22.5. The number of benzene rings is 2. The summed E-state index contributed by atoms with van der Waals surface area (Å²) >= 11 is 0. The molecule has 0 aliphatic carbocycles. The predicted molar refractivity (Wildman–Crippen MR) is 159 cm³/mol. The first-order valence-electron chi connectivity index (χ1n) is 12.8. The largest absolute Gasteiger partial charge is 0.493 e. The van der Waals surface area contributed by atoms with E-state index in [9.17, 15) is 0 Å². The monoisotopic (exact) mass is 638 g/mol. The molecule has 2 atom stereocenters. The molecule has 0 unspecified atom stereocenters. The molecule has 0 saturated heterocycles. The van der Waals surface area contributed by atoms with Crippen molar-refractivity contribution in [2.24, 2.45) is 0 Å². The second-order valence-electron chi connectivity index (χ2n) is 9.77. The third kappa shape index (κ3) is 5.68. The normalized spacial score (nSPS) is 20.5. The third-order valence-corrected chi connectivity index (χ3v) is 8.13. The second kappa shape index (κ2) is 12.9. The van der Waals surface area contributed by atoms with Gasteiger partial charge < -0.3 is 24.3 Å². The van der Waals surface area contributed by atoms with Crippen LogP contribution in [0.2, 0.25) is 0 Å². The first-order valence-corrected chi connectivity index (χ1v) is 12.8. The van der Waals surface area contributed by atoms with Crippen molar-refractivity contribution in [1.29, 1.82) is 0 Å². The number of rotatable bonds is 7. The van der Waals surface area contributed by atoms with E-state index in [2.05, 4.69) is 41.4 Å². The lowest BCUT2D eigenvalue weighted by atomic mass is 9.80. The molecule has 2 aromatic rings. The van der Waals surface area contributed by atoms with Crippen LogP contribution in [0.15, 0.2) is 35.4 Å². The molecule has 3 aliphatic heterocycles. The summed E-state index contributed by atoms with van der Waals surface area (Å²) in [6.07, 6.45) is 5.25. The number of hydrogen-bond acceptors (Lipinski definition) is 6. The molecule has 0 aromatic heterocycles. The van der Waals surface area contributed by atoms with Crippen LogP contribution in [0.1, 0.15) is 60.5 Å². The number of nitrogens with zero attached hydrogens (tertiary/aromatic N) is 1. The van der Waals surface area contributed by atoms with Crippen molar-refractivity contribution in [1.82, 2.24) is 10.2 Å². The minimum absolute atomic E-state index is 0. The maximum atomic E-state index is 5.66. The molecule has 1 N–H and O–H groups in total. The molecule has 8 heteroatoms. The Morgan fingerprint density at radius 2 is 1.35 bits per heavy atom. The Kier molecular flexibility index (Phi) is 10.4. The van der Waals surface area contributed by atoms with Crippen LogP contribution < -0.4 is 24.3 Å². The van der Waals surface area contributed by atoms with Gasteiger partial charge in [0.25, 0.3) is 0 Å². The van der Waals surface area contributed by atoms with Crippen LogP contribution >= 0.6 is 34.0 Å². The molecule has 0 spiro atoms. The zero-order chi connectivity index (χ0) is 24.5. The Labute approximate surface area is 242 Å². The first-order chi connectivity index (χ1) is 17.1. The topological polar surface area (TPSA) is 52.2 Å². The van der Waals surface area contributed by atoms with Gasteiger partial charge in [-0.1, -0.05) is 18.1 Å². The van der Waals surface area contributed by atoms with Gasteiger partial charge in [0.1, 0.15) is 0 Å². The zero-order valence-corrected chi connectivity index (χ0v) is 25.9. The van der Waals surface area contributed by atoms with E-state index in [1.165, 1.54) is 22.3 Å². The van der Waals surface area contributed by atoms with Crippen molar-refractivity contribution in [2.45, 2.75) is 51.1 Å². The number of hydrogen-bond donors (Lipinski definition) is 1. The predicted octanol–water partition coefficient (Wildman–Crippen LogP) is 6.16. The van der Waals surface area contributed by atoms with Gasteiger partial charge in [0.05, 0.1) is 28.4 Å². The zero-order valence-electron chi connectivity index (χ0n) is 22.5. The highest BCUT2D eigenvalue weighted by Crippen LogP contribution is 2.46. The maximum Gasteiger partial charge on any atom is 0.161 e. The summed E-state index contributed by atoms with van der Waals surface area (Å²) in [5.74, 6) is 3.27. The van der Waals surface area contributed by atoms with Crippen LogP contribution in [0.4, 0.5) is 0 Å². The SMILES string of the molecule is Br.Br.CCC1=C(C[C@H]2NCCc3cc(OC)c(OC)cc32)C[C@H]2c3cc(OC)c(OC)cc3CCN2C1. The van der Waals surface area contributed by atoms with Gasteiger partial charge in [0.2, 0.25) is 0 Å².